The second-order valence-corrected chi connectivity index (χ2v) is 6.01. The van der Waals surface area contributed by atoms with Crippen molar-refractivity contribution >= 4 is 11.8 Å². The third-order valence-corrected chi connectivity index (χ3v) is 3.18. The Bertz CT molecular complexity index is 117. The van der Waals surface area contributed by atoms with E-state index in [1.54, 1.807) is 0 Å². The summed E-state index contributed by atoms with van der Waals surface area (Å²) in [5.41, 5.74) is 0. The molecule has 1 fully saturated rings. The van der Waals surface area contributed by atoms with Crippen molar-refractivity contribution in [2.24, 2.45) is 5.92 Å². The number of hydrogen-bond donors (Lipinski definition) is 1. The van der Waals surface area contributed by atoms with Crippen LogP contribution in [0, 0.1) is 5.92 Å². The molecule has 0 aromatic heterocycles. The van der Waals surface area contributed by atoms with Gasteiger partial charge < -0.3 is 5.11 Å². The highest BCUT2D eigenvalue weighted by Crippen LogP contribution is 2.46. The molecule has 0 aromatic rings. The molecule has 0 aromatic carbocycles. The Morgan fingerprint density at radius 1 is 1.50 bits per heavy atom. The smallest absolute Gasteiger partial charge is 0.0470 e. The van der Waals surface area contributed by atoms with E-state index in [1.165, 1.54) is 6.42 Å². The van der Waals surface area contributed by atoms with Crippen LogP contribution in [0.3, 0.4) is 0 Å². The highest BCUT2D eigenvalue weighted by molar-refractivity contribution is 8.01. The summed E-state index contributed by atoms with van der Waals surface area (Å²) >= 11 is 2.00. The van der Waals surface area contributed by atoms with Gasteiger partial charge in [0.25, 0.3) is 0 Å². The van der Waals surface area contributed by atoms with Crippen LogP contribution < -0.4 is 0 Å². The molecule has 2 heteroatoms. The van der Waals surface area contributed by atoms with E-state index in [0.717, 1.165) is 5.25 Å². The molecular formula is C8H16OS. The largest absolute Gasteiger partial charge is 0.396 e. The van der Waals surface area contributed by atoms with Crippen LogP contribution in [0.2, 0.25) is 0 Å². The summed E-state index contributed by atoms with van der Waals surface area (Å²) in [6, 6.07) is 0. The van der Waals surface area contributed by atoms with Gasteiger partial charge in [0.15, 0.2) is 0 Å². The first-order chi connectivity index (χ1) is 4.53. The molecule has 0 aliphatic heterocycles. The zero-order valence-electron chi connectivity index (χ0n) is 6.92. The molecule has 1 N–H and O–H groups in total. The maximum absolute atomic E-state index is 8.76. The molecule has 2 atom stereocenters. The number of aliphatic hydroxyl groups excluding tert-OH is 1. The molecule has 0 bridgehead atoms. The molecule has 0 amide bonds. The van der Waals surface area contributed by atoms with Crippen LogP contribution in [0.25, 0.3) is 0 Å². The highest BCUT2D eigenvalue weighted by atomic mass is 32.2. The number of hydrogen-bond acceptors (Lipinski definition) is 2. The van der Waals surface area contributed by atoms with Gasteiger partial charge in [-0.25, -0.2) is 0 Å². The summed E-state index contributed by atoms with van der Waals surface area (Å²) in [6.07, 6.45) is 1.22. The van der Waals surface area contributed by atoms with E-state index >= 15 is 0 Å². The molecule has 2 unspecified atom stereocenters. The van der Waals surface area contributed by atoms with Crippen molar-refractivity contribution in [3.8, 4) is 0 Å². The predicted molar refractivity (Wildman–Crippen MR) is 46.3 cm³/mol. The van der Waals surface area contributed by atoms with E-state index in [4.69, 9.17) is 5.11 Å². The predicted octanol–water partition coefficient (Wildman–Crippen LogP) is 1.90. The Morgan fingerprint density at radius 2 is 2.10 bits per heavy atom. The van der Waals surface area contributed by atoms with Gasteiger partial charge in [0, 0.05) is 16.6 Å². The molecule has 60 valence electrons. The Hall–Kier alpha value is 0.310. The summed E-state index contributed by atoms with van der Waals surface area (Å²) in [5.74, 6) is 0.601. The topological polar surface area (TPSA) is 20.2 Å². The molecule has 0 spiro atoms. The zero-order chi connectivity index (χ0) is 7.78. The fraction of sp³-hybridized carbons (Fsp3) is 1.00. The minimum atomic E-state index is 0.370. The van der Waals surface area contributed by atoms with E-state index in [2.05, 4.69) is 20.8 Å². The Kier molecular flexibility index (Phi) is 2.31. The van der Waals surface area contributed by atoms with Gasteiger partial charge in [-0.1, -0.05) is 20.8 Å². The van der Waals surface area contributed by atoms with Gasteiger partial charge in [-0.2, -0.15) is 11.8 Å². The molecular weight excluding hydrogens is 144 g/mol. The summed E-state index contributed by atoms with van der Waals surface area (Å²) in [4.78, 5) is 0. The quantitative estimate of drug-likeness (QED) is 0.666. The lowest BCUT2D eigenvalue weighted by molar-refractivity contribution is 0.277. The lowest BCUT2D eigenvalue weighted by atomic mass is 10.3. The molecule has 0 heterocycles. The van der Waals surface area contributed by atoms with Crippen LogP contribution in [0.15, 0.2) is 0 Å². The minimum Gasteiger partial charge on any atom is -0.396 e. The molecule has 1 rings (SSSR count). The van der Waals surface area contributed by atoms with Crippen molar-refractivity contribution in [1.82, 2.24) is 0 Å². The normalized spacial score (nSPS) is 32.4. The van der Waals surface area contributed by atoms with Gasteiger partial charge in [-0.05, 0) is 12.3 Å². The third-order valence-electron chi connectivity index (χ3n) is 1.60. The fourth-order valence-corrected chi connectivity index (χ4v) is 2.54. The van der Waals surface area contributed by atoms with Gasteiger partial charge in [0.1, 0.15) is 0 Å². The van der Waals surface area contributed by atoms with Crippen molar-refractivity contribution < 1.29 is 5.11 Å². The first-order valence-electron chi connectivity index (χ1n) is 3.81. The standard InChI is InChI=1S/C8H16OS/c1-8(2,3)10-7-4-6(7)5-9/h6-7,9H,4-5H2,1-3H3. The average molecular weight is 160 g/mol. The van der Waals surface area contributed by atoms with Crippen molar-refractivity contribution in [2.75, 3.05) is 6.61 Å². The van der Waals surface area contributed by atoms with Crippen LogP contribution in [0.4, 0.5) is 0 Å². The molecule has 10 heavy (non-hydrogen) atoms. The Balaban J connectivity index is 2.18. The first-order valence-corrected chi connectivity index (χ1v) is 4.69. The van der Waals surface area contributed by atoms with Crippen LogP contribution in [-0.4, -0.2) is 21.7 Å². The first kappa shape index (κ1) is 8.41. The van der Waals surface area contributed by atoms with Crippen LogP contribution in [0.5, 0.6) is 0 Å². The summed E-state index contributed by atoms with van der Waals surface area (Å²) < 4.78 is 0.370. The Labute approximate surface area is 67.2 Å². The van der Waals surface area contributed by atoms with E-state index in [9.17, 15) is 0 Å². The average Bonchev–Trinajstić information content (AvgIpc) is 2.42. The number of thioether (sulfide) groups is 1. The lowest BCUT2D eigenvalue weighted by Gasteiger charge is -2.16. The second-order valence-electron chi connectivity index (χ2n) is 3.95. The van der Waals surface area contributed by atoms with Gasteiger partial charge >= 0.3 is 0 Å². The fourth-order valence-electron chi connectivity index (χ4n) is 1.01. The van der Waals surface area contributed by atoms with Gasteiger partial charge in [-0.3, -0.25) is 0 Å². The molecule has 0 saturated heterocycles. The zero-order valence-corrected chi connectivity index (χ0v) is 7.74. The monoisotopic (exact) mass is 160 g/mol. The SMILES string of the molecule is CC(C)(C)SC1CC1CO. The van der Waals surface area contributed by atoms with Crippen molar-refractivity contribution in [2.45, 2.75) is 37.2 Å². The molecule has 1 nitrogen and oxygen atoms in total. The van der Waals surface area contributed by atoms with Crippen molar-refractivity contribution in [3.63, 3.8) is 0 Å². The van der Waals surface area contributed by atoms with Crippen molar-refractivity contribution in [1.29, 1.82) is 0 Å². The summed E-state index contributed by atoms with van der Waals surface area (Å²) in [7, 11) is 0. The Morgan fingerprint density at radius 3 is 2.40 bits per heavy atom. The third kappa shape index (κ3) is 2.51. The van der Waals surface area contributed by atoms with Gasteiger partial charge in [-0.15, -0.1) is 0 Å². The summed E-state index contributed by atoms with van der Waals surface area (Å²) in [6.45, 7) is 7.06. The molecule has 0 radical (unpaired) electrons. The maximum atomic E-state index is 8.76. The molecule has 1 saturated carbocycles. The number of rotatable bonds is 2. The lowest BCUT2D eigenvalue weighted by Crippen LogP contribution is -2.09. The van der Waals surface area contributed by atoms with Gasteiger partial charge in [0.2, 0.25) is 0 Å². The van der Waals surface area contributed by atoms with E-state index in [-0.39, 0.29) is 0 Å². The van der Waals surface area contributed by atoms with Crippen LogP contribution in [0.1, 0.15) is 27.2 Å². The molecule has 1 aliphatic carbocycles. The molecule has 1 aliphatic rings. The van der Waals surface area contributed by atoms with E-state index in [0.29, 0.717) is 17.3 Å². The number of aliphatic hydroxyl groups is 1. The van der Waals surface area contributed by atoms with E-state index < -0.39 is 0 Å². The van der Waals surface area contributed by atoms with E-state index in [1.807, 2.05) is 11.8 Å². The minimum absolute atomic E-state index is 0.370. The van der Waals surface area contributed by atoms with Crippen molar-refractivity contribution in [3.05, 3.63) is 0 Å². The van der Waals surface area contributed by atoms with Crippen LogP contribution >= 0.6 is 11.8 Å². The second kappa shape index (κ2) is 2.74. The van der Waals surface area contributed by atoms with Gasteiger partial charge in [0.05, 0.1) is 0 Å². The highest BCUT2D eigenvalue weighted by Gasteiger charge is 2.39. The summed E-state index contributed by atoms with van der Waals surface area (Å²) in [5, 5.41) is 9.50. The maximum Gasteiger partial charge on any atom is 0.0470 e. The van der Waals surface area contributed by atoms with Crippen LogP contribution in [-0.2, 0) is 0 Å².